The third-order valence-electron chi connectivity index (χ3n) is 3.32. The van der Waals surface area contributed by atoms with E-state index in [1.54, 1.807) is 0 Å². The van der Waals surface area contributed by atoms with E-state index in [4.69, 9.17) is 4.74 Å². The van der Waals surface area contributed by atoms with Crippen molar-refractivity contribution >= 4 is 5.91 Å². The second-order valence-electron chi connectivity index (χ2n) is 4.81. The smallest absolute Gasteiger partial charge is 0.258 e. The maximum atomic E-state index is 11.6. The van der Waals surface area contributed by atoms with Crippen molar-refractivity contribution in [1.82, 2.24) is 5.32 Å². The molecule has 19 heavy (non-hydrogen) atoms. The van der Waals surface area contributed by atoms with Crippen molar-refractivity contribution in [1.29, 1.82) is 0 Å². The number of hydrogen-bond donors (Lipinski definition) is 2. The third kappa shape index (κ3) is 5.30. The number of nitrogens with one attached hydrogen (secondary N) is 1. The third-order valence-corrected chi connectivity index (χ3v) is 3.32. The zero-order valence-corrected chi connectivity index (χ0v) is 11.9. The van der Waals surface area contributed by atoms with E-state index in [0.717, 1.165) is 5.56 Å². The molecule has 0 aliphatic carbocycles. The van der Waals surface area contributed by atoms with Crippen LogP contribution in [0.4, 0.5) is 0 Å². The molecule has 0 spiro atoms. The molecule has 0 atom stereocenters. The fourth-order valence-electron chi connectivity index (χ4n) is 1.60. The largest absolute Gasteiger partial charge is 0.484 e. The van der Waals surface area contributed by atoms with Crippen molar-refractivity contribution in [3.05, 3.63) is 29.8 Å². The van der Waals surface area contributed by atoms with Crippen LogP contribution in [0.2, 0.25) is 0 Å². The lowest BCUT2D eigenvalue weighted by molar-refractivity contribution is -0.124. The lowest BCUT2D eigenvalue weighted by Gasteiger charge is -2.25. The van der Waals surface area contributed by atoms with Crippen molar-refractivity contribution in [2.45, 2.75) is 39.2 Å². The van der Waals surface area contributed by atoms with E-state index in [1.165, 1.54) is 0 Å². The van der Waals surface area contributed by atoms with E-state index in [-0.39, 0.29) is 19.1 Å². The molecule has 0 aliphatic rings. The van der Waals surface area contributed by atoms with Gasteiger partial charge in [-0.1, -0.05) is 31.5 Å². The number of ether oxygens (including phenoxy) is 1. The number of rotatable bonds is 7. The molecule has 0 aromatic heterocycles. The van der Waals surface area contributed by atoms with Gasteiger partial charge in [0.25, 0.3) is 5.91 Å². The van der Waals surface area contributed by atoms with Gasteiger partial charge in [-0.3, -0.25) is 4.79 Å². The zero-order chi connectivity index (χ0) is 14.3. The Hall–Kier alpha value is -1.55. The van der Waals surface area contributed by atoms with Gasteiger partial charge in [0.05, 0.1) is 5.60 Å². The summed E-state index contributed by atoms with van der Waals surface area (Å²) >= 11 is 0. The molecule has 1 aromatic rings. The molecular formula is C15H23NO3. The van der Waals surface area contributed by atoms with E-state index in [1.807, 2.05) is 45.0 Å². The van der Waals surface area contributed by atoms with Crippen LogP contribution in [-0.4, -0.2) is 29.8 Å². The predicted octanol–water partition coefficient (Wildman–Crippen LogP) is 2.04. The topological polar surface area (TPSA) is 58.6 Å². The Bertz CT molecular complexity index is 396. The molecule has 0 unspecified atom stereocenters. The van der Waals surface area contributed by atoms with E-state index in [9.17, 15) is 9.90 Å². The van der Waals surface area contributed by atoms with Crippen molar-refractivity contribution in [3.8, 4) is 5.75 Å². The van der Waals surface area contributed by atoms with Crippen molar-refractivity contribution in [2.75, 3.05) is 13.2 Å². The Kier molecular flexibility index (Phi) is 5.83. The van der Waals surface area contributed by atoms with Gasteiger partial charge in [0.2, 0.25) is 0 Å². The predicted molar refractivity (Wildman–Crippen MR) is 75.2 cm³/mol. The summed E-state index contributed by atoms with van der Waals surface area (Å²) in [7, 11) is 0. The standard InChI is InChI=1S/C15H23NO3/c1-4-15(18,5-2)11-16-14(17)10-19-13-8-6-12(3)7-9-13/h6-9,18H,4-5,10-11H2,1-3H3,(H,16,17). The molecular weight excluding hydrogens is 242 g/mol. The molecule has 2 N–H and O–H groups in total. The number of carbonyl (C=O) groups excluding carboxylic acids is 1. The highest BCUT2D eigenvalue weighted by Gasteiger charge is 2.22. The van der Waals surface area contributed by atoms with Crippen molar-refractivity contribution in [2.24, 2.45) is 0 Å². The number of aryl methyl sites for hydroxylation is 1. The molecule has 1 amide bonds. The summed E-state index contributed by atoms with van der Waals surface area (Å²) in [5.41, 5.74) is 0.326. The minimum absolute atomic E-state index is 0.0351. The first kappa shape index (κ1) is 15.5. The minimum atomic E-state index is -0.820. The fourth-order valence-corrected chi connectivity index (χ4v) is 1.60. The van der Waals surface area contributed by atoms with Crippen LogP contribution in [0.25, 0.3) is 0 Å². The average molecular weight is 265 g/mol. The fraction of sp³-hybridized carbons (Fsp3) is 0.533. The van der Waals surface area contributed by atoms with Crippen LogP contribution < -0.4 is 10.1 Å². The second-order valence-corrected chi connectivity index (χ2v) is 4.81. The summed E-state index contributed by atoms with van der Waals surface area (Å²) in [6.45, 7) is 6.02. The maximum absolute atomic E-state index is 11.6. The molecule has 4 heteroatoms. The van der Waals surface area contributed by atoms with Crippen LogP contribution >= 0.6 is 0 Å². The quantitative estimate of drug-likeness (QED) is 0.793. The Labute approximate surface area is 114 Å². The Balaban J connectivity index is 2.34. The van der Waals surface area contributed by atoms with Crippen LogP contribution in [0, 0.1) is 6.92 Å². The monoisotopic (exact) mass is 265 g/mol. The highest BCUT2D eigenvalue weighted by atomic mass is 16.5. The van der Waals surface area contributed by atoms with Crippen LogP contribution in [0.1, 0.15) is 32.3 Å². The zero-order valence-electron chi connectivity index (χ0n) is 11.9. The molecule has 1 rings (SSSR count). The highest BCUT2D eigenvalue weighted by Crippen LogP contribution is 2.13. The van der Waals surface area contributed by atoms with Gasteiger partial charge >= 0.3 is 0 Å². The van der Waals surface area contributed by atoms with Crippen molar-refractivity contribution < 1.29 is 14.6 Å². The van der Waals surface area contributed by atoms with E-state index in [0.29, 0.717) is 18.6 Å². The summed E-state index contributed by atoms with van der Waals surface area (Å²) < 4.78 is 5.36. The summed E-state index contributed by atoms with van der Waals surface area (Å²) in [6, 6.07) is 7.52. The van der Waals surface area contributed by atoms with E-state index >= 15 is 0 Å². The van der Waals surface area contributed by atoms with Gasteiger partial charge in [0.15, 0.2) is 6.61 Å². The van der Waals surface area contributed by atoms with E-state index < -0.39 is 5.60 Å². The van der Waals surface area contributed by atoms with E-state index in [2.05, 4.69) is 5.32 Å². The van der Waals surface area contributed by atoms with Crippen LogP contribution in [0.15, 0.2) is 24.3 Å². The summed E-state index contributed by atoms with van der Waals surface area (Å²) in [4.78, 5) is 11.6. The first-order chi connectivity index (χ1) is 8.99. The van der Waals surface area contributed by atoms with Crippen LogP contribution in [-0.2, 0) is 4.79 Å². The highest BCUT2D eigenvalue weighted by molar-refractivity contribution is 5.77. The summed E-state index contributed by atoms with van der Waals surface area (Å²) in [5, 5.41) is 12.7. The number of amides is 1. The Morgan fingerprint density at radius 1 is 1.26 bits per heavy atom. The van der Waals surface area contributed by atoms with Crippen LogP contribution in [0.5, 0.6) is 5.75 Å². The molecule has 0 saturated heterocycles. The van der Waals surface area contributed by atoms with Gasteiger partial charge in [-0.2, -0.15) is 0 Å². The number of carbonyl (C=O) groups is 1. The first-order valence-corrected chi connectivity index (χ1v) is 6.67. The van der Waals surface area contributed by atoms with Gasteiger partial charge in [0, 0.05) is 6.54 Å². The SMILES string of the molecule is CCC(O)(CC)CNC(=O)COc1ccc(C)cc1. The van der Waals surface area contributed by atoms with Gasteiger partial charge in [-0.25, -0.2) is 0 Å². The molecule has 0 aliphatic heterocycles. The molecule has 0 bridgehead atoms. The molecule has 0 radical (unpaired) electrons. The summed E-state index contributed by atoms with van der Waals surface area (Å²) in [6.07, 6.45) is 1.23. The lowest BCUT2D eigenvalue weighted by atomic mass is 9.98. The molecule has 4 nitrogen and oxygen atoms in total. The molecule has 106 valence electrons. The van der Waals surface area contributed by atoms with Gasteiger partial charge < -0.3 is 15.2 Å². The second kappa shape index (κ2) is 7.14. The van der Waals surface area contributed by atoms with Crippen LogP contribution in [0.3, 0.4) is 0 Å². The molecule has 1 aromatic carbocycles. The summed E-state index contributed by atoms with van der Waals surface area (Å²) in [5.74, 6) is 0.447. The maximum Gasteiger partial charge on any atom is 0.258 e. The first-order valence-electron chi connectivity index (χ1n) is 6.67. The molecule has 0 heterocycles. The molecule has 0 saturated carbocycles. The number of benzene rings is 1. The number of aliphatic hydroxyl groups is 1. The Morgan fingerprint density at radius 2 is 1.84 bits per heavy atom. The molecule has 0 fully saturated rings. The van der Waals surface area contributed by atoms with Crippen molar-refractivity contribution in [3.63, 3.8) is 0 Å². The Morgan fingerprint density at radius 3 is 2.37 bits per heavy atom. The average Bonchev–Trinajstić information content (AvgIpc) is 2.44. The number of hydrogen-bond acceptors (Lipinski definition) is 3. The van der Waals surface area contributed by atoms with Gasteiger partial charge in [-0.05, 0) is 31.9 Å². The normalized spacial score (nSPS) is 11.2. The lowest BCUT2D eigenvalue weighted by Crippen LogP contribution is -2.43. The van der Waals surface area contributed by atoms with Gasteiger partial charge in [-0.15, -0.1) is 0 Å². The van der Waals surface area contributed by atoms with Gasteiger partial charge in [0.1, 0.15) is 5.75 Å². The minimum Gasteiger partial charge on any atom is -0.484 e.